The van der Waals surface area contributed by atoms with Gasteiger partial charge in [0.1, 0.15) is 5.82 Å². The van der Waals surface area contributed by atoms with Crippen molar-refractivity contribution in [2.45, 2.75) is 26.2 Å². The fourth-order valence-electron chi connectivity index (χ4n) is 3.48. The molecule has 1 aliphatic rings. The lowest BCUT2D eigenvalue weighted by molar-refractivity contribution is 0.0724. The van der Waals surface area contributed by atoms with Crippen LogP contribution in [0.3, 0.4) is 0 Å². The van der Waals surface area contributed by atoms with Crippen LogP contribution in [0.2, 0.25) is 5.02 Å². The van der Waals surface area contributed by atoms with Crippen LogP contribution in [0.25, 0.3) is 11.4 Å². The van der Waals surface area contributed by atoms with Gasteiger partial charge < -0.3 is 10.2 Å². The molecule has 2 aromatic carbocycles. The summed E-state index contributed by atoms with van der Waals surface area (Å²) < 4.78 is 0. The summed E-state index contributed by atoms with van der Waals surface area (Å²) in [5.41, 5.74) is 3.37. The van der Waals surface area contributed by atoms with E-state index in [0.717, 1.165) is 48.4 Å². The second kappa shape index (κ2) is 8.62. The van der Waals surface area contributed by atoms with Crippen molar-refractivity contribution in [3.05, 3.63) is 70.9 Å². The van der Waals surface area contributed by atoms with Crippen molar-refractivity contribution in [1.29, 1.82) is 0 Å². The fourth-order valence-corrected chi connectivity index (χ4v) is 3.61. The Hall–Kier alpha value is -2.92. The first kappa shape index (κ1) is 19.4. The van der Waals surface area contributed by atoms with Crippen molar-refractivity contribution in [3.63, 3.8) is 0 Å². The topological polar surface area (TPSA) is 58.1 Å². The van der Waals surface area contributed by atoms with Crippen molar-refractivity contribution >= 4 is 29.0 Å². The third kappa shape index (κ3) is 4.74. The lowest BCUT2D eigenvalue weighted by Crippen LogP contribution is -2.35. The maximum Gasteiger partial charge on any atom is 0.253 e. The molecule has 0 aliphatic carbocycles. The number of aromatic nitrogens is 2. The predicted octanol–water partition coefficient (Wildman–Crippen LogP) is 5.48. The predicted molar refractivity (Wildman–Crippen MR) is 117 cm³/mol. The Morgan fingerprint density at radius 3 is 2.34 bits per heavy atom. The van der Waals surface area contributed by atoms with Gasteiger partial charge in [0.2, 0.25) is 0 Å². The van der Waals surface area contributed by atoms with Crippen molar-refractivity contribution in [2.75, 3.05) is 18.4 Å². The number of amides is 1. The highest BCUT2D eigenvalue weighted by molar-refractivity contribution is 6.30. The molecule has 0 unspecified atom stereocenters. The molecule has 1 aromatic heterocycles. The number of rotatable bonds is 4. The molecular formula is C23H23ClN4O. The molecule has 148 valence electrons. The number of halogens is 1. The van der Waals surface area contributed by atoms with E-state index in [4.69, 9.17) is 11.6 Å². The monoisotopic (exact) mass is 406 g/mol. The lowest BCUT2D eigenvalue weighted by Gasteiger charge is -2.26. The first-order chi connectivity index (χ1) is 14.1. The van der Waals surface area contributed by atoms with Gasteiger partial charge in [-0.3, -0.25) is 4.79 Å². The van der Waals surface area contributed by atoms with Gasteiger partial charge in [-0.1, -0.05) is 11.6 Å². The number of anilines is 2. The average Bonchev–Trinajstić information content (AvgIpc) is 2.74. The van der Waals surface area contributed by atoms with Crippen LogP contribution in [0.5, 0.6) is 0 Å². The number of piperidine rings is 1. The minimum atomic E-state index is 0.110. The highest BCUT2D eigenvalue weighted by atomic mass is 35.5. The number of carbonyl (C=O) groups excluding carboxylic acids is 1. The molecule has 1 aliphatic heterocycles. The Kier molecular flexibility index (Phi) is 5.76. The zero-order chi connectivity index (χ0) is 20.2. The van der Waals surface area contributed by atoms with Gasteiger partial charge >= 0.3 is 0 Å². The molecule has 1 N–H and O–H groups in total. The number of aryl methyl sites for hydroxylation is 1. The first-order valence-corrected chi connectivity index (χ1v) is 10.2. The fraction of sp³-hybridized carbons (Fsp3) is 0.261. The van der Waals surface area contributed by atoms with E-state index in [9.17, 15) is 4.79 Å². The molecule has 29 heavy (non-hydrogen) atoms. The number of hydrogen-bond acceptors (Lipinski definition) is 4. The van der Waals surface area contributed by atoms with Crippen molar-refractivity contribution in [3.8, 4) is 11.4 Å². The Labute approximate surface area is 175 Å². The van der Waals surface area contributed by atoms with E-state index < -0.39 is 0 Å². The van der Waals surface area contributed by atoms with E-state index in [-0.39, 0.29) is 5.91 Å². The van der Waals surface area contributed by atoms with E-state index in [1.54, 1.807) is 0 Å². The van der Waals surface area contributed by atoms with E-state index >= 15 is 0 Å². The minimum absolute atomic E-state index is 0.110. The van der Waals surface area contributed by atoms with Crippen LogP contribution in [0.4, 0.5) is 11.5 Å². The second-order valence-corrected chi connectivity index (χ2v) is 7.72. The Morgan fingerprint density at radius 2 is 1.66 bits per heavy atom. The van der Waals surface area contributed by atoms with Gasteiger partial charge in [0, 0.05) is 46.7 Å². The number of likely N-dealkylation sites (tertiary alicyclic amines) is 1. The molecule has 5 nitrogen and oxygen atoms in total. The van der Waals surface area contributed by atoms with Crippen molar-refractivity contribution in [1.82, 2.24) is 14.9 Å². The zero-order valence-electron chi connectivity index (χ0n) is 16.4. The van der Waals surface area contributed by atoms with E-state index in [0.29, 0.717) is 16.7 Å². The molecule has 6 heteroatoms. The van der Waals surface area contributed by atoms with Gasteiger partial charge in [0.15, 0.2) is 5.82 Å². The van der Waals surface area contributed by atoms with Crippen LogP contribution < -0.4 is 5.32 Å². The lowest BCUT2D eigenvalue weighted by atomic mass is 10.1. The van der Waals surface area contributed by atoms with Crippen LogP contribution in [0.15, 0.2) is 54.6 Å². The van der Waals surface area contributed by atoms with Gasteiger partial charge in [-0.15, -0.1) is 0 Å². The summed E-state index contributed by atoms with van der Waals surface area (Å²) in [5, 5.41) is 3.99. The standard InChI is InChI=1S/C23H23ClN4O/c1-16-15-21(27-22(25-16)17-5-9-19(24)10-6-17)26-20-11-7-18(8-12-20)23(29)28-13-3-2-4-14-28/h5-12,15H,2-4,13-14H2,1H3,(H,25,26,27). The number of benzene rings is 2. The molecule has 4 rings (SSSR count). The summed E-state index contributed by atoms with van der Waals surface area (Å²) >= 11 is 5.97. The van der Waals surface area contributed by atoms with Gasteiger partial charge in [-0.2, -0.15) is 0 Å². The highest BCUT2D eigenvalue weighted by Gasteiger charge is 2.17. The number of nitrogens with zero attached hydrogens (tertiary/aromatic N) is 3. The van der Waals surface area contributed by atoms with Crippen LogP contribution in [0, 0.1) is 6.92 Å². The molecule has 2 heterocycles. The third-order valence-corrected chi connectivity index (χ3v) is 5.26. The molecule has 3 aromatic rings. The van der Waals surface area contributed by atoms with Crippen molar-refractivity contribution in [2.24, 2.45) is 0 Å². The highest BCUT2D eigenvalue weighted by Crippen LogP contribution is 2.23. The molecule has 1 saturated heterocycles. The normalized spacial score (nSPS) is 13.9. The minimum Gasteiger partial charge on any atom is -0.340 e. The summed E-state index contributed by atoms with van der Waals surface area (Å²) in [5.74, 6) is 1.46. The van der Waals surface area contributed by atoms with Gasteiger partial charge in [-0.05, 0) is 74.7 Å². The van der Waals surface area contributed by atoms with Gasteiger partial charge in [0.05, 0.1) is 0 Å². The maximum absolute atomic E-state index is 12.6. The quantitative estimate of drug-likeness (QED) is 0.623. The largest absolute Gasteiger partial charge is 0.340 e. The molecule has 0 saturated carbocycles. The maximum atomic E-state index is 12.6. The van der Waals surface area contributed by atoms with Crippen LogP contribution in [-0.4, -0.2) is 33.9 Å². The summed E-state index contributed by atoms with van der Waals surface area (Å²) in [6.07, 6.45) is 3.39. The Balaban J connectivity index is 1.50. The molecule has 0 radical (unpaired) electrons. The SMILES string of the molecule is Cc1cc(Nc2ccc(C(=O)N3CCCCC3)cc2)nc(-c2ccc(Cl)cc2)n1. The number of hydrogen-bond donors (Lipinski definition) is 1. The number of carbonyl (C=O) groups is 1. The van der Waals surface area contributed by atoms with Crippen molar-refractivity contribution < 1.29 is 4.79 Å². The summed E-state index contributed by atoms with van der Waals surface area (Å²) in [7, 11) is 0. The molecule has 0 bridgehead atoms. The summed E-state index contributed by atoms with van der Waals surface area (Å²) in [6, 6.07) is 16.9. The molecule has 0 atom stereocenters. The van der Waals surface area contributed by atoms with Crippen LogP contribution in [0.1, 0.15) is 35.3 Å². The number of nitrogens with one attached hydrogen (secondary N) is 1. The Morgan fingerprint density at radius 1 is 0.966 bits per heavy atom. The smallest absolute Gasteiger partial charge is 0.253 e. The molecule has 1 fully saturated rings. The Bertz CT molecular complexity index is 996. The average molecular weight is 407 g/mol. The molecule has 0 spiro atoms. The van der Waals surface area contributed by atoms with Gasteiger partial charge in [-0.25, -0.2) is 9.97 Å². The van der Waals surface area contributed by atoms with Gasteiger partial charge in [0.25, 0.3) is 5.91 Å². The van der Waals surface area contributed by atoms with Crippen LogP contribution in [-0.2, 0) is 0 Å². The first-order valence-electron chi connectivity index (χ1n) is 9.86. The van der Waals surface area contributed by atoms with E-state index in [1.807, 2.05) is 66.4 Å². The van der Waals surface area contributed by atoms with E-state index in [1.165, 1.54) is 6.42 Å². The molecular weight excluding hydrogens is 384 g/mol. The summed E-state index contributed by atoms with van der Waals surface area (Å²) in [4.78, 5) is 23.7. The van der Waals surface area contributed by atoms with Crippen LogP contribution >= 0.6 is 11.6 Å². The van der Waals surface area contributed by atoms with E-state index in [2.05, 4.69) is 15.3 Å². The summed E-state index contributed by atoms with van der Waals surface area (Å²) in [6.45, 7) is 3.64. The zero-order valence-corrected chi connectivity index (χ0v) is 17.1. The third-order valence-electron chi connectivity index (χ3n) is 5.00. The molecule has 1 amide bonds. The second-order valence-electron chi connectivity index (χ2n) is 7.28.